The summed E-state index contributed by atoms with van der Waals surface area (Å²) in [5.74, 6) is 1.18. The monoisotopic (exact) mass is 437 g/mol. The molecule has 0 radical (unpaired) electrons. The quantitative estimate of drug-likeness (QED) is 0.418. The zero-order chi connectivity index (χ0) is 22.1. The number of halogens is 1. The van der Waals surface area contributed by atoms with Crippen LogP contribution in [-0.4, -0.2) is 18.6 Å². The molecule has 5 heteroatoms. The predicted octanol–water partition coefficient (Wildman–Crippen LogP) is 6.07. The Morgan fingerprint density at radius 1 is 0.968 bits per heavy atom. The Hall–Kier alpha value is -2.98. The topological polar surface area (TPSA) is 47.6 Å². The van der Waals surface area contributed by atoms with Crippen molar-refractivity contribution in [3.63, 3.8) is 0 Å². The lowest BCUT2D eigenvalue weighted by Gasteiger charge is -2.16. The highest BCUT2D eigenvalue weighted by molar-refractivity contribution is 6.32. The van der Waals surface area contributed by atoms with Crippen LogP contribution >= 0.6 is 11.6 Å². The normalized spacial score (nSPS) is 11.6. The summed E-state index contributed by atoms with van der Waals surface area (Å²) >= 11 is 6.18. The van der Waals surface area contributed by atoms with E-state index in [1.165, 1.54) is 5.56 Å². The van der Waals surface area contributed by atoms with E-state index in [9.17, 15) is 4.79 Å². The SMILES string of the molecule is CCOc1ccc(C(=O)NC(C)CCc2ccccc2)cc1COc1ccccc1Cl. The van der Waals surface area contributed by atoms with Crippen LogP contribution in [0, 0.1) is 0 Å². The number of carbonyl (C=O) groups is 1. The largest absolute Gasteiger partial charge is 0.493 e. The molecule has 0 spiro atoms. The molecule has 4 nitrogen and oxygen atoms in total. The van der Waals surface area contributed by atoms with Gasteiger partial charge in [0.25, 0.3) is 5.91 Å². The summed E-state index contributed by atoms with van der Waals surface area (Å²) in [7, 11) is 0. The van der Waals surface area contributed by atoms with Crippen molar-refractivity contribution in [2.75, 3.05) is 6.61 Å². The molecule has 3 rings (SSSR count). The minimum absolute atomic E-state index is 0.0575. The molecule has 1 atom stereocenters. The molecule has 0 fully saturated rings. The molecule has 162 valence electrons. The zero-order valence-corrected chi connectivity index (χ0v) is 18.7. The van der Waals surface area contributed by atoms with Gasteiger partial charge in [0.05, 0.1) is 11.6 Å². The third-order valence-electron chi connectivity index (χ3n) is 4.93. The number of amides is 1. The Labute approximate surface area is 189 Å². The van der Waals surface area contributed by atoms with Crippen LogP contribution in [0.3, 0.4) is 0 Å². The Morgan fingerprint density at radius 2 is 1.71 bits per heavy atom. The summed E-state index contributed by atoms with van der Waals surface area (Å²) in [6, 6.07) is 23.1. The first-order valence-corrected chi connectivity index (χ1v) is 10.9. The van der Waals surface area contributed by atoms with Crippen LogP contribution in [0.2, 0.25) is 5.02 Å². The molecule has 0 aliphatic heterocycles. The molecule has 31 heavy (non-hydrogen) atoms. The average Bonchev–Trinajstić information content (AvgIpc) is 2.79. The maximum atomic E-state index is 12.8. The lowest BCUT2D eigenvalue weighted by Crippen LogP contribution is -2.33. The number of aryl methyl sites for hydroxylation is 1. The van der Waals surface area contributed by atoms with Crippen molar-refractivity contribution >= 4 is 17.5 Å². The van der Waals surface area contributed by atoms with Crippen LogP contribution in [0.25, 0.3) is 0 Å². The lowest BCUT2D eigenvalue weighted by molar-refractivity contribution is 0.0938. The highest BCUT2D eigenvalue weighted by Crippen LogP contribution is 2.27. The average molecular weight is 438 g/mol. The minimum Gasteiger partial charge on any atom is -0.493 e. The first-order valence-electron chi connectivity index (χ1n) is 10.5. The summed E-state index contributed by atoms with van der Waals surface area (Å²) in [5, 5.41) is 3.63. The molecule has 0 aromatic heterocycles. The van der Waals surface area contributed by atoms with Gasteiger partial charge in [-0.2, -0.15) is 0 Å². The second kappa shape index (κ2) is 11.4. The Balaban J connectivity index is 1.65. The van der Waals surface area contributed by atoms with Crippen molar-refractivity contribution in [3.05, 3.63) is 94.5 Å². The van der Waals surface area contributed by atoms with Crippen molar-refractivity contribution < 1.29 is 14.3 Å². The fraction of sp³-hybridized carbons (Fsp3) is 0.269. The van der Waals surface area contributed by atoms with Crippen LogP contribution in [0.15, 0.2) is 72.8 Å². The fourth-order valence-electron chi connectivity index (χ4n) is 3.25. The van der Waals surface area contributed by atoms with Gasteiger partial charge in [-0.15, -0.1) is 0 Å². The van der Waals surface area contributed by atoms with E-state index in [1.807, 2.05) is 62.4 Å². The first-order chi connectivity index (χ1) is 15.1. The van der Waals surface area contributed by atoms with Crippen LogP contribution in [0.1, 0.15) is 41.8 Å². The van der Waals surface area contributed by atoms with Crippen molar-refractivity contribution in [1.82, 2.24) is 5.32 Å². The van der Waals surface area contributed by atoms with Crippen molar-refractivity contribution in [2.24, 2.45) is 0 Å². The summed E-state index contributed by atoms with van der Waals surface area (Å²) < 4.78 is 11.6. The standard InChI is InChI=1S/C26H28ClNO3/c1-3-30-24-16-15-21(17-22(24)18-31-25-12-8-7-11-23(25)27)26(29)28-19(2)13-14-20-9-5-4-6-10-20/h4-12,15-17,19H,3,13-14,18H2,1-2H3,(H,28,29). The number of nitrogens with one attached hydrogen (secondary N) is 1. The van der Waals surface area contributed by atoms with E-state index in [0.29, 0.717) is 28.7 Å². The minimum atomic E-state index is -0.109. The summed E-state index contributed by atoms with van der Waals surface area (Å²) in [6.07, 6.45) is 1.79. The predicted molar refractivity (Wildman–Crippen MR) is 125 cm³/mol. The van der Waals surface area contributed by atoms with Crippen molar-refractivity contribution in [2.45, 2.75) is 39.3 Å². The van der Waals surface area contributed by atoms with E-state index in [-0.39, 0.29) is 18.6 Å². The van der Waals surface area contributed by atoms with Crippen LogP contribution in [-0.2, 0) is 13.0 Å². The number of hydrogen-bond acceptors (Lipinski definition) is 3. The highest BCUT2D eigenvalue weighted by Gasteiger charge is 2.14. The summed E-state index contributed by atoms with van der Waals surface area (Å²) in [5.41, 5.74) is 2.64. The molecule has 3 aromatic carbocycles. The van der Waals surface area contributed by atoms with Gasteiger partial charge in [0.15, 0.2) is 0 Å². The zero-order valence-electron chi connectivity index (χ0n) is 17.9. The number of rotatable bonds is 10. The number of hydrogen-bond donors (Lipinski definition) is 1. The molecule has 3 aromatic rings. The molecule has 0 saturated heterocycles. The number of benzene rings is 3. The van der Waals surface area contributed by atoms with Gasteiger partial charge in [-0.1, -0.05) is 54.1 Å². The van der Waals surface area contributed by atoms with E-state index < -0.39 is 0 Å². The van der Waals surface area contributed by atoms with Gasteiger partial charge < -0.3 is 14.8 Å². The van der Waals surface area contributed by atoms with Crippen LogP contribution < -0.4 is 14.8 Å². The van der Waals surface area contributed by atoms with Gasteiger partial charge >= 0.3 is 0 Å². The van der Waals surface area contributed by atoms with Gasteiger partial charge in [0.2, 0.25) is 0 Å². The van der Waals surface area contributed by atoms with Crippen LogP contribution in [0.5, 0.6) is 11.5 Å². The third-order valence-corrected chi connectivity index (χ3v) is 5.24. The van der Waals surface area contributed by atoms with E-state index in [2.05, 4.69) is 17.4 Å². The Bertz CT molecular complexity index is 991. The Morgan fingerprint density at radius 3 is 2.45 bits per heavy atom. The number of para-hydroxylation sites is 1. The van der Waals surface area contributed by atoms with Gasteiger partial charge in [-0.25, -0.2) is 0 Å². The smallest absolute Gasteiger partial charge is 0.251 e. The van der Waals surface area contributed by atoms with Gasteiger partial charge in [0.1, 0.15) is 18.1 Å². The van der Waals surface area contributed by atoms with Gasteiger partial charge in [-0.3, -0.25) is 4.79 Å². The summed E-state index contributed by atoms with van der Waals surface area (Å²) in [4.78, 5) is 12.8. The molecule has 0 saturated carbocycles. The number of ether oxygens (including phenoxy) is 2. The molecule has 0 bridgehead atoms. The maximum Gasteiger partial charge on any atom is 0.251 e. The van der Waals surface area contributed by atoms with Gasteiger partial charge in [0, 0.05) is 17.2 Å². The van der Waals surface area contributed by atoms with E-state index in [0.717, 1.165) is 18.4 Å². The lowest BCUT2D eigenvalue weighted by atomic mass is 10.1. The van der Waals surface area contributed by atoms with E-state index >= 15 is 0 Å². The molecular formula is C26H28ClNO3. The molecule has 0 heterocycles. The Kier molecular flexibility index (Phi) is 8.36. The number of carbonyl (C=O) groups excluding carboxylic acids is 1. The molecular weight excluding hydrogens is 410 g/mol. The van der Waals surface area contributed by atoms with Crippen molar-refractivity contribution in [3.8, 4) is 11.5 Å². The van der Waals surface area contributed by atoms with Crippen LogP contribution in [0.4, 0.5) is 0 Å². The summed E-state index contributed by atoms with van der Waals surface area (Å²) in [6.45, 7) is 4.73. The molecule has 0 aliphatic carbocycles. The molecule has 1 unspecified atom stereocenters. The molecule has 1 amide bonds. The first kappa shape index (κ1) is 22.7. The van der Waals surface area contributed by atoms with E-state index in [1.54, 1.807) is 12.1 Å². The second-order valence-corrected chi connectivity index (χ2v) is 7.78. The molecule has 0 aliphatic rings. The van der Waals surface area contributed by atoms with E-state index in [4.69, 9.17) is 21.1 Å². The fourth-order valence-corrected chi connectivity index (χ4v) is 3.44. The third kappa shape index (κ3) is 6.76. The highest BCUT2D eigenvalue weighted by atomic mass is 35.5. The van der Waals surface area contributed by atoms with Crippen molar-refractivity contribution in [1.29, 1.82) is 0 Å². The maximum absolute atomic E-state index is 12.8. The van der Waals surface area contributed by atoms with Gasteiger partial charge in [-0.05, 0) is 62.6 Å². The second-order valence-electron chi connectivity index (χ2n) is 7.37. The molecule has 1 N–H and O–H groups in total.